The lowest BCUT2D eigenvalue weighted by molar-refractivity contribution is 0.0695. The van der Waals surface area contributed by atoms with E-state index >= 15 is 0 Å². The van der Waals surface area contributed by atoms with Crippen molar-refractivity contribution in [2.24, 2.45) is 5.92 Å². The average Bonchev–Trinajstić information content (AvgIpc) is 2.64. The molecule has 2 atom stereocenters. The third-order valence-corrected chi connectivity index (χ3v) is 2.96. The van der Waals surface area contributed by atoms with Crippen LogP contribution in [0.5, 0.6) is 0 Å². The van der Waals surface area contributed by atoms with E-state index in [1.54, 1.807) is 12.1 Å². The zero-order chi connectivity index (χ0) is 10.8. The number of hydrogen-bond donors (Lipinski definition) is 1. The molecule has 1 aliphatic heterocycles. The Balaban J connectivity index is 2.38. The van der Waals surface area contributed by atoms with Gasteiger partial charge in [-0.1, -0.05) is 25.1 Å². The van der Waals surface area contributed by atoms with Crippen LogP contribution in [0, 0.1) is 5.92 Å². The van der Waals surface area contributed by atoms with Crippen LogP contribution in [0.2, 0.25) is 0 Å². The summed E-state index contributed by atoms with van der Waals surface area (Å²) in [7, 11) is 0. The van der Waals surface area contributed by atoms with E-state index in [2.05, 4.69) is 6.92 Å². The van der Waals surface area contributed by atoms with Gasteiger partial charge in [-0.25, -0.2) is 4.79 Å². The number of hydrogen-bond acceptors (Lipinski definition) is 2. The molecular weight excluding hydrogens is 192 g/mol. The molecule has 1 fully saturated rings. The van der Waals surface area contributed by atoms with E-state index in [4.69, 9.17) is 9.84 Å². The summed E-state index contributed by atoms with van der Waals surface area (Å²) < 4.78 is 5.37. The average molecular weight is 206 g/mol. The summed E-state index contributed by atoms with van der Waals surface area (Å²) >= 11 is 0. The lowest BCUT2D eigenvalue weighted by atomic mass is 9.87. The van der Waals surface area contributed by atoms with Gasteiger partial charge in [0, 0.05) is 12.5 Å². The largest absolute Gasteiger partial charge is 0.478 e. The van der Waals surface area contributed by atoms with E-state index in [0.717, 1.165) is 12.2 Å². The van der Waals surface area contributed by atoms with Crippen molar-refractivity contribution in [2.75, 3.05) is 13.2 Å². The topological polar surface area (TPSA) is 46.5 Å². The Morgan fingerprint density at radius 2 is 2.13 bits per heavy atom. The molecule has 0 bridgehead atoms. The Labute approximate surface area is 88.7 Å². The van der Waals surface area contributed by atoms with Crippen LogP contribution in [0.15, 0.2) is 24.3 Å². The van der Waals surface area contributed by atoms with Gasteiger partial charge < -0.3 is 9.84 Å². The van der Waals surface area contributed by atoms with Crippen LogP contribution in [0.25, 0.3) is 0 Å². The van der Waals surface area contributed by atoms with Crippen LogP contribution in [0.4, 0.5) is 0 Å². The van der Waals surface area contributed by atoms with Gasteiger partial charge in [0.15, 0.2) is 0 Å². The van der Waals surface area contributed by atoms with Crippen LogP contribution >= 0.6 is 0 Å². The van der Waals surface area contributed by atoms with Gasteiger partial charge in [-0.3, -0.25) is 0 Å². The first-order chi connectivity index (χ1) is 7.20. The molecule has 15 heavy (non-hydrogen) atoms. The molecule has 1 aliphatic rings. The molecule has 0 saturated carbocycles. The molecular formula is C12H14O3. The molecule has 1 aromatic carbocycles. The minimum Gasteiger partial charge on any atom is -0.478 e. The summed E-state index contributed by atoms with van der Waals surface area (Å²) in [6.45, 7) is 3.44. The molecule has 1 N–H and O–H groups in total. The van der Waals surface area contributed by atoms with Crippen LogP contribution < -0.4 is 0 Å². The Morgan fingerprint density at radius 3 is 2.73 bits per heavy atom. The van der Waals surface area contributed by atoms with Gasteiger partial charge in [0.1, 0.15) is 0 Å². The quantitative estimate of drug-likeness (QED) is 0.806. The van der Waals surface area contributed by atoms with Crippen LogP contribution in [0.3, 0.4) is 0 Å². The highest BCUT2D eigenvalue weighted by atomic mass is 16.5. The highest BCUT2D eigenvalue weighted by Gasteiger charge is 2.28. The SMILES string of the molecule is CC1COCC1c1ccccc1C(=O)O. The Bertz CT molecular complexity index is 373. The van der Waals surface area contributed by atoms with Gasteiger partial charge in [-0.2, -0.15) is 0 Å². The summed E-state index contributed by atoms with van der Waals surface area (Å²) in [5.41, 5.74) is 1.30. The third kappa shape index (κ3) is 1.88. The fourth-order valence-electron chi connectivity index (χ4n) is 2.07. The second-order valence-electron chi connectivity index (χ2n) is 4.01. The molecule has 2 rings (SSSR count). The van der Waals surface area contributed by atoms with Crippen LogP contribution in [-0.4, -0.2) is 24.3 Å². The van der Waals surface area contributed by atoms with Gasteiger partial charge in [0.05, 0.1) is 12.2 Å². The third-order valence-electron chi connectivity index (χ3n) is 2.96. The van der Waals surface area contributed by atoms with E-state index in [9.17, 15) is 4.79 Å². The number of rotatable bonds is 2. The number of aromatic carboxylic acids is 1. The monoisotopic (exact) mass is 206 g/mol. The second-order valence-corrected chi connectivity index (χ2v) is 4.01. The van der Waals surface area contributed by atoms with Crippen molar-refractivity contribution in [3.63, 3.8) is 0 Å². The molecule has 2 unspecified atom stereocenters. The zero-order valence-corrected chi connectivity index (χ0v) is 8.64. The van der Waals surface area contributed by atoms with Gasteiger partial charge in [-0.15, -0.1) is 0 Å². The number of carboxylic acids is 1. The molecule has 3 heteroatoms. The lowest BCUT2D eigenvalue weighted by Gasteiger charge is -2.15. The minimum absolute atomic E-state index is 0.220. The molecule has 0 radical (unpaired) electrons. The molecule has 0 aromatic heterocycles. The molecule has 0 aliphatic carbocycles. The van der Waals surface area contributed by atoms with Gasteiger partial charge in [0.2, 0.25) is 0 Å². The number of ether oxygens (including phenoxy) is 1. The van der Waals surface area contributed by atoms with Crippen molar-refractivity contribution >= 4 is 5.97 Å². The van der Waals surface area contributed by atoms with E-state index in [0.29, 0.717) is 18.1 Å². The maximum absolute atomic E-state index is 11.0. The molecule has 1 saturated heterocycles. The molecule has 0 spiro atoms. The van der Waals surface area contributed by atoms with Crippen molar-refractivity contribution in [3.05, 3.63) is 35.4 Å². The van der Waals surface area contributed by atoms with Crippen LogP contribution in [-0.2, 0) is 4.74 Å². The lowest BCUT2D eigenvalue weighted by Crippen LogP contribution is -2.12. The van der Waals surface area contributed by atoms with E-state index in [1.165, 1.54) is 0 Å². The minimum atomic E-state index is -0.857. The summed E-state index contributed by atoms with van der Waals surface area (Å²) in [5, 5.41) is 9.07. The molecule has 1 aromatic rings. The molecule has 1 heterocycles. The standard InChI is InChI=1S/C12H14O3/c1-8-6-15-7-11(8)9-4-2-3-5-10(9)12(13)14/h2-5,8,11H,6-7H2,1H3,(H,13,14). The predicted octanol–water partition coefficient (Wildman–Crippen LogP) is 2.13. The van der Waals surface area contributed by atoms with Crippen molar-refractivity contribution < 1.29 is 14.6 Å². The Morgan fingerprint density at radius 1 is 1.40 bits per heavy atom. The molecule has 80 valence electrons. The highest BCUT2D eigenvalue weighted by Crippen LogP contribution is 2.32. The van der Waals surface area contributed by atoms with Gasteiger partial charge >= 0.3 is 5.97 Å². The maximum Gasteiger partial charge on any atom is 0.335 e. The number of carboxylic acid groups (broad SMARTS) is 1. The highest BCUT2D eigenvalue weighted by molar-refractivity contribution is 5.89. The normalized spacial score (nSPS) is 25.4. The van der Waals surface area contributed by atoms with E-state index in [1.807, 2.05) is 12.1 Å². The predicted molar refractivity (Wildman–Crippen MR) is 56.1 cm³/mol. The number of carbonyl (C=O) groups is 1. The Hall–Kier alpha value is -1.35. The summed E-state index contributed by atoms with van der Waals surface area (Å²) in [6.07, 6.45) is 0. The van der Waals surface area contributed by atoms with Crippen molar-refractivity contribution in [1.29, 1.82) is 0 Å². The van der Waals surface area contributed by atoms with Crippen molar-refractivity contribution in [3.8, 4) is 0 Å². The van der Waals surface area contributed by atoms with Gasteiger partial charge in [-0.05, 0) is 17.5 Å². The first-order valence-corrected chi connectivity index (χ1v) is 5.10. The van der Waals surface area contributed by atoms with Gasteiger partial charge in [0.25, 0.3) is 0 Å². The first-order valence-electron chi connectivity index (χ1n) is 5.10. The summed E-state index contributed by atoms with van der Waals surface area (Å²) in [5.74, 6) is -0.243. The maximum atomic E-state index is 11.0. The van der Waals surface area contributed by atoms with Crippen molar-refractivity contribution in [2.45, 2.75) is 12.8 Å². The molecule has 0 amide bonds. The fraction of sp³-hybridized carbons (Fsp3) is 0.417. The smallest absolute Gasteiger partial charge is 0.335 e. The summed E-state index contributed by atoms with van der Waals surface area (Å²) in [6, 6.07) is 7.18. The fourth-order valence-corrected chi connectivity index (χ4v) is 2.07. The second kappa shape index (κ2) is 4.03. The zero-order valence-electron chi connectivity index (χ0n) is 8.64. The van der Waals surface area contributed by atoms with Crippen LogP contribution in [0.1, 0.15) is 28.8 Å². The van der Waals surface area contributed by atoms with E-state index in [-0.39, 0.29) is 5.92 Å². The summed E-state index contributed by atoms with van der Waals surface area (Å²) in [4.78, 5) is 11.0. The van der Waals surface area contributed by atoms with E-state index < -0.39 is 5.97 Å². The van der Waals surface area contributed by atoms with Crippen molar-refractivity contribution in [1.82, 2.24) is 0 Å². The number of benzene rings is 1. The first kappa shape index (κ1) is 10.2. The Kier molecular flexibility index (Phi) is 2.73. The molecule has 3 nitrogen and oxygen atoms in total.